The number of aliphatic hydroxyl groups excluding tert-OH is 4. The van der Waals surface area contributed by atoms with E-state index in [1.165, 1.54) is 0 Å². The van der Waals surface area contributed by atoms with Crippen LogP contribution in [0.3, 0.4) is 0 Å². The first kappa shape index (κ1) is 14.6. The molecule has 0 radical (unpaired) electrons. The van der Waals surface area contributed by atoms with Crippen LogP contribution < -0.4 is 0 Å². The van der Waals surface area contributed by atoms with Crippen molar-refractivity contribution in [1.29, 1.82) is 0 Å². The topological polar surface area (TPSA) is 90.2 Å². The maximum Gasteiger partial charge on any atom is 0.100 e. The highest BCUT2D eigenvalue weighted by atomic mass is 35.5. The SMILES string of the molecule is Cl.OCC(O)COCC(O)CO. The van der Waals surface area contributed by atoms with E-state index in [-0.39, 0.29) is 38.8 Å². The quantitative estimate of drug-likeness (QED) is 0.405. The zero-order valence-corrected chi connectivity index (χ0v) is 7.40. The molecule has 0 saturated heterocycles. The molecule has 2 atom stereocenters. The summed E-state index contributed by atoms with van der Waals surface area (Å²) in [5, 5.41) is 34.1. The van der Waals surface area contributed by atoms with Gasteiger partial charge in [0.2, 0.25) is 0 Å². The van der Waals surface area contributed by atoms with Gasteiger partial charge in [-0.25, -0.2) is 0 Å². The van der Waals surface area contributed by atoms with Crippen LogP contribution in [-0.4, -0.2) is 59.1 Å². The average Bonchev–Trinajstić information content (AvgIpc) is 2.04. The summed E-state index contributed by atoms with van der Waals surface area (Å²) in [4.78, 5) is 0. The smallest absolute Gasteiger partial charge is 0.100 e. The van der Waals surface area contributed by atoms with Crippen LogP contribution >= 0.6 is 12.4 Å². The summed E-state index contributed by atoms with van der Waals surface area (Å²) in [6, 6.07) is 0. The fraction of sp³-hybridized carbons (Fsp3) is 1.00. The molecule has 0 fully saturated rings. The maximum atomic E-state index is 8.72. The van der Waals surface area contributed by atoms with Crippen molar-refractivity contribution in [2.75, 3.05) is 26.4 Å². The number of hydrogen-bond donors (Lipinski definition) is 4. The van der Waals surface area contributed by atoms with E-state index in [1.54, 1.807) is 0 Å². The van der Waals surface area contributed by atoms with Gasteiger partial charge in [0.25, 0.3) is 0 Å². The minimum Gasteiger partial charge on any atom is -0.394 e. The van der Waals surface area contributed by atoms with Crippen LogP contribution in [0.2, 0.25) is 0 Å². The van der Waals surface area contributed by atoms with E-state index >= 15 is 0 Å². The Morgan fingerprint density at radius 1 is 0.917 bits per heavy atom. The van der Waals surface area contributed by atoms with Gasteiger partial charge in [0.1, 0.15) is 12.2 Å². The first-order chi connectivity index (χ1) is 5.20. The van der Waals surface area contributed by atoms with Gasteiger partial charge in [-0.05, 0) is 0 Å². The molecule has 0 aromatic carbocycles. The monoisotopic (exact) mass is 202 g/mol. The fourth-order valence-electron chi connectivity index (χ4n) is 0.446. The van der Waals surface area contributed by atoms with Gasteiger partial charge in [-0.1, -0.05) is 0 Å². The molecule has 0 aliphatic rings. The maximum absolute atomic E-state index is 8.72. The van der Waals surface area contributed by atoms with Crippen molar-refractivity contribution in [2.45, 2.75) is 12.2 Å². The van der Waals surface area contributed by atoms with E-state index in [0.717, 1.165) is 0 Å². The van der Waals surface area contributed by atoms with Crippen molar-refractivity contribution >= 4 is 12.4 Å². The van der Waals surface area contributed by atoms with E-state index in [4.69, 9.17) is 25.2 Å². The lowest BCUT2D eigenvalue weighted by atomic mass is 10.4. The molecule has 6 heteroatoms. The van der Waals surface area contributed by atoms with Gasteiger partial charge in [-0.3, -0.25) is 0 Å². The van der Waals surface area contributed by atoms with Crippen LogP contribution in [0, 0.1) is 0 Å². The molecular formula is C6H15ClO5. The second kappa shape index (κ2) is 9.18. The van der Waals surface area contributed by atoms with Gasteiger partial charge >= 0.3 is 0 Å². The molecule has 0 rings (SSSR count). The third-order valence-corrected chi connectivity index (χ3v) is 1.04. The summed E-state index contributed by atoms with van der Waals surface area (Å²) < 4.78 is 4.72. The molecular weight excluding hydrogens is 188 g/mol. The lowest BCUT2D eigenvalue weighted by Gasteiger charge is -2.10. The van der Waals surface area contributed by atoms with Gasteiger partial charge in [0.15, 0.2) is 0 Å². The van der Waals surface area contributed by atoms with Gasteiger partial charge in [0, 0.05) is 0 Å². The first-order valence-corrected chi connectivity index (χ1v) is 3.36. The van der Waals surface area contributed by atoms with E-state index in [2.05, 4.69) is 0 Å². The second-order valence-corrected chi connectivity index (χ2v) is 2.21. The van der Waals surface area contributed by atoms with E-state index < -0.39 is 12.2 Å². The molecule has 0 bridgehead atoms. The zero-order valence-electron chi connectivity index (χ0n) is 6.59. The Kier molecular flexibility index (Phi) is 11.2. The van der Waals surface area contributed by atoms with E-state index in [1.807, 2.05) is 0 Å². The average molecular weight is 203 g/mol. The fourth-order valence-corrected chi connectivity index (χ4v) is 0.446. The van der Waals surface area contributed by atoms with Crippen LogP contribution in [0.25, 0.3) is 0 Å². The van der Waals surface area contributed by atoms with Gasteiger partial charge in [-0.15, -0.1) is 12.4 Å². The van der Waals surface area contributed by atoms with Gasteiger partial charge < -0.3 is 25.2 Å². The highest BCUT2D eigenvalue weighted by Gasteiger charge is 2.04. The predicted octanol–water partition coefficient (Wildman–Crippen LogP) is -1.87. The van der Waals surface area contributed by atoms with Crippen LogP contribution in [0.1, 0.15) is 0 Å². The summed E-state index contributed by atoms with van der Waals surface area (Å²) >= 11 is 0. The summed E-state index contributed by atoms with van der Waals surface area (Å²) in [5.41, 5.74) is 0. The third kappa shape index (κ3) is 8.19. The molecule has 76 valence electrons. The molecule has 0 aliphatic heterocycles. The highest BCUT2D eigenvalue weighted by Crippen LogP contribution is 1.87. The summed E-state index contributed by atoms with van der Waals surface area (Å²) in [7, 11) is 0. The summed E-state index contributed by atoms with van der Waals surface area (Å²) in [6.07, 6.45) is -1.83. The Morgan fingerprint density at radius 2 is 1.25 bits per heavy atom. The molecule has 0 spiro atoms. The molecule has 5 nitrogen and oxygen atoms in total. The van der Waals surface area contributed by atoms with Crippen molar-refractivity contribution in [3.63, 3.8) is 0 Å². The van der Waals surface area contributed by atoms with E-state index in [0.29, 0.717) is 0 Å². The molecule has 0 aromatic heterocycles. The number of hydrogen-bond acceptors (Lipinski definition) is 5. The lowest BCUT2D eigenvalue weighted by molar-refractivity contribution is -0.0364. The van der Waals surface area contributed by atoms with Crippen LogP contribution in [0.4, 0.5) is 0 Å². The third-order valence-electron chi connectivity index (χ3n) is 1.04. The highest BCUT2D eigenvalue weighted by molar-refractivity contribution is 5.85. The standard InChI is InChI=1S/C6H14O5.ClH/c7-1-5(9)3-11-4-6(10)2-8;/h5-10H,1-4H2;1H. The van der Waals surface area contributed by atoms with E-state index in [9.17, 15) is 0 Å². The van der Waals surface area contributed by atoms with Crippen LogP contribution in [0.5, 0.6) is 0 Å². The minimum absolute atomic E-state index is 0. The first-order valence-electron chi connectivity index (χ1n) is 3.36. The number of halogens is 1. The number of ether oxygens (including phenoxy) is 1. The van der Waals surface area contributed by atoms with Crippen molar-refractivity contribution in [1.82, 2.24) is 0 Å². The summed E-state index contributed by atoms with van der Waals surface area (Å²) in [5.74, 6) is 0. The molecule has 0 saturated carbocycles. The summed E-state index contributed by atoms with van der Waals surface area (Å²) in [6.45, 7) is -0.800. The van der Waals surface area contributed by atoms with Crippen LogP contribution in [0.15, 0.2) is 0 Å². The largest absolute Gasteiger partial charge is 0.394 e. The second-order valence-electron chi connectivity index (χ2n) is 2.21. The van der Waals surface area contributed by atoms with Gasteiger partial charge in [0.05, 0.1) is 26.4 Å². The Hall–Kier alpha value is 0.0900. The molecule has 12 heavy (non-hydrogen) atoms. The molecule has 0 aliphatic carbocycles. The predicted molar refractivity (Wildman–Crippen MR) is 44.3 cm³/mol. The molecule has 0 heterocycles. The zero-order chi connectivity index (χ0) is 8.69. The van der Waals surface area contributed by atoms with Crippen molar-refractivity contribution in [3.05, 3.63) is 0 Å². The normalized spacial score (nSPS) is 15.0. The molecule has 2 unspecified atom stereocenters. The number of aliphatic hydroxyl groups is 4. The Morgan fingerprint density at radius 3 is 1.50 bits per heavy atom. The van der Waals surface area contributed by atoms with Crippen molar-refractivity contribution in [3.8, 4) is 0 Å². The van der Waals surface area contributed by atoms with Crippen LogP contribution in [-0.2, 0) is 4.74 Å². The minimum atomic E-state index is -0.916. The molecule has 0 amide bonds. The van der Waals surface area contributed by atoms with Crippen molar-refractivity contribution in [2.24, 2.45) is 0 Å². The molecule has 4 N–H and O–H groups in total. The molecule has 0 aromatic rings. The number of rotatable bonds is 6. The lowest BCUT2D eigenvalue weighted by Crippen LogP contribution is -2.25. The Labute approximate surface area is 77.0 Å². The van der Waals surface area contributed by atoms with Crippen molar-refractivity contribution < 1.29 is 25.2 Å². The Bertz CT molecular complexity index is 82.0. The van der Waals surface area contributed by atoms with Gasteiger partial charge in [-0.2, -0.15) is 0 Å². The Balaban J connectivity index is 0.